The highest BCUT2D eigenvalue weighted by atomic mass is 19.3. The normalized spacial score (nSPS) is 21.2. The lowest BCUT2D eigenvalue weighted by molar-refractivity contribution is -0.0498. The molecule has 1 aromatic heterocycles. The maximum absolute atomic E-state index is 12.2. The predicted molar refractivity (Wildman–Crippen MR) is 86.0 cm³/mol. The van der Waals surface area contributed by atoms with Crippen LogP contribution in [-0.2, 0) is 0 Å². The van der Waals surface area contributed by atoms with Gasteiger partial charge in [-0.1, -0.05) is 24.9 Å². The van der Waals surface area contributed by atoms with Gasteiger partial charge in [-0.2, -0.15) is 13.8 Å². The average molecular weight is 336 g/mol. The molecule has 0 aliphatic heterocycles. The van der Waals surface area contributed by atoms with Gasteiger partial charge >= 0.3 is 6.61 Å². The van der Waals surface area contributed by atoms with Crippen molar-refractivity contribution in [1.82, 2.24) is 10.1 Å². The maximum Gasteiger partial charge on any atom is 0.387 e. The SMILES string of the molecule is CCCC1CCC(c2nc(-c3ccc(OC(F)F)cc3)no2)CC1. The van der Waals surface area contributed by atoms with E-state index in [2.05, 4.69) is 21.8 Å². The van der Waals surface area contributed by atoms with Gasteiger partial charge in [-0.15, -0.1) is 0 Å². The Balaban J connectivity index is 1.63. The summed E-state index contributed by atoms with van der Waals surface area (Å²) in [5, 5.41) is 4.03. The quantitative estimate of drug-likeness (QED) is 0.707. The molecule has 4 nitrogen and oxygen atoms in total. The Kier molecular flexibility index (Phi) is 5.43. The third-order valence-corrected chi connectivity index (χ3v) is 4.67. The third-order valence-electron chi connectivity index (χ3n) is 4.67. The van der Waals surface area contributed by atoms with E-state index in [1.807, 2.05) is 0 Å². The van der Waals surface area contributed by atoms with Gasteiger partial charge in [0.2, 0.25) is 11.7 Å². The van der Waals surface area contributed by atoms with Gasteiger partial charge in [-0.25, -0.2) is 0 Å². The van der Waals surface area contributed by atoms with Crippen molar-refractivity contribution in [3.8, 4) is 17.1 Å². The highest BCUT2D eigenvalue weighted by Gasteiger charge is 2.26. The monoisotopic (exact) mass is 336 g/mol. The number of hydrogen-bond acceptors (Lipinski definition) is 4. The fourth-order valence-electron chi connectivity index (χ4n) is 3.41. The van der Waals surface area contributed by atoms with Gasteiger partial charge in [0.1, 0.15) is 5.75 Å². The largest absolute Gasteiger partial charge is 0.435 e. The summed E-state index contributed by atoms with van der Waals surface area (Å²) in [6, 6.07) is 6.27. The molecule has 1 heterocycles. The van der Waals surface area contributed by atoms with E-state index in [1.54, 1.807) is 12.1 Å². The van der Waals surface area contributed by atoms with Crippen LogP contribution < -0.4 is 4.74 Å². The molecule has 1 saturated carbocycles. The number of nitrogens with zero attached hydrogens (tertiary/aromatic N) is 2. The Morgan fingerprint density at radius 1 is 1.17 bits per heavy atom. The minimum absolute atomic E-state index is 0.117. The van der Waals surface area contributed by atoms with Crippen molar-refractivity contribution in [2.75, 3.05) is 0 Å². The summed E-state index contributed by atoms with van der Waals surface area (Å²) in [7, 11) is 0. The molecule has 130 valence electrons. The van der Waals surface area contributed by atoms with Gasteiger partial charge < -0.3 is 9.26 Å². The van der Waals surface area contributed by atoms with E-state index in [-0.39, 0.29) is 5.75 Å². The molecular weight excluding hydrogens is 314 g/mol. The number of benzene rings is 1. The van der Waals surface area contributed by atoms with Crippen molar-refractivity contribution in [3.05, 3.63) is 30.2 Å². The van der Waals surface area contributed by atoms with E-state index in [9.17, 15) is 8.78 Å². The van der Waals surface area contributed by atoms with Crippen LogP contribution in [0, 0.1) is 5.92 Å². The number of ether oxygens (including phenoxy) is 1. The summed E-state index contributed by atoms with van der Waals surface area (Å²) in [4.78, 5) is 4.50. The molecule has 24 heavy (non-hydrogen) atoms. The topological polar surface area (TPSA) is 48.2 Å². The van der Waals surface area contributed by atoms with Crippen molar-refractivity contribution in [2.24, 2.45) is 5.92 Å². The summed E-state index contributed by atoms with van der Waals surface area (Å²) in [5.74, 6) is 2.46. The first-order valence-corrected chi connectivity index (χ1v) is 8.54. The molecule has 0 N–H and O–H groups in total. The fraction of sp³-hybridized carbons (Fsp3) is 0.556. The minimum atomic E-state index is -2.82. The molecular formula is C18H22F2N2O2. The molecule has 1 aliphatic rings. The van der Waals surface area contributed by atoms with Gasteiger partial charge in [0, 0.05) is 11.5 Å². The molecule has 0 saturated heterocycles. The van der Waals surface area contributed by atoms with Crippen LogP contribution in [-0.4, -0.2) is 16.8 Å². The molecule has 2 aromatic rings. The highest BCUT2D eigenvalue weighted by molar-refractivity contribution is 5.55. The predicted octanol–water partition coefficient (Wildman–Crippen LogP) is 5.41. The van der Waals surface area contributed by atoms with Gasteiger partial charge in [0.15, 0.2) is 0 Å². The smallest absolute Gasteiger partial charge is 0.387 e. The molecule has 3 rings (SSSR count). The molecule has 0 bridgehead atoms. The van der Waals surface area contributed by atoms with Crippen LogP contribution >= 0.6 is 0 Å². The van der Waals surface area contributed by atoms with Crippen molar-refractivity contribution in [3.63, 3.8) is 0 Å². The number of alkyl halides is 2. The fourth-order valence-corrected chi connectivity index (χ4v) is 3.41. The lowest BCUT2D eigenvalue weighted by Crippen LogP contribution is -2.13. The summed E-state index contributed by atoms with van der Waals surface area (Å²) in [6.45, 7) is -0.593. The summed E-state index contributed by atoms with van der Waals surface area (Å²) in [6.07, 6.45) is 7.16. The van der Waals surface area contributed by atoms with E-state index in [0.717, 1.165) is 24.3 Å². The number of halogens is 2. The van der Waals surface area contributed by atoms with Gasteiger partial charge in [-0.3, -0.25) is 0 Å². The third kappa shape index (κ3) is 4.10. The van der Waals surface area contributed by atoms with Crippen LogP contribution in [0.15, 0.2) is 28.8 Å². The van der Waals surface area contributed by atoms with Crippen molar-refractivity contribution >= 4 is 0 Å². The average Bonchev–Trinajstić information content (AvgIpc) is 3.06. The van der Waals surface area contributed by atoms with E-state index in [1.165, 1.54) is 37.8 Å². The second-order valence-electron chi connectivity index (χ2n) is 6.37. The second-order valence-corrected chi connectivity index (χ2v) is 6.37. The summed E-state index contributed by atoms with van der Waals surface area (Å²) < 4.78 is 34.1. The Bertz CT molecular complexity index is 635. The lowest BCUT2D eigenvalue weighted by atomic mass is 9.80. The lowest BCUT2D eigenvalue weighted by Gasteiger charge is -2.25. The van der Waals surface area contributed by atoms with Crippen LogP contribution in [0.3, 0.4) is 0 Å². The summed E-state index contributed by atoms with van der Waals surface area (Å²) in [5.41, 5.74) is 0.728. The molecule has 6 heteroatoms. The van der Waals surface area contributed by atoms with Crippen molar-refractivity contribution < 1.29 is 18.0 Å². The second kappa shape index (κ2) is 7.73. The standard InChI is InChI=1S/C18H22F2N2O2/c1-2-3-12-4-6-14(7-5-12)17-21-16(22-24-17)13-8-10-15(11-9-13)23-18(19)20/h8-12,14,18H,2-7H2,1H3. The Morgan fingerprint density at radius 2 is 1.88 bits per heavy atom. The van der Waals surface area contributed by atoms with E-state index in [0.29, 0.717) is 17.6 Å². The Labute approximate surface area is 140 Å². The van der Waals surface area contributed by atoms with Crippen LogP contribution in [0.2, 0.25) is 0 Å². The Morgan fingerprint density at radius 3 is 2.50 bits per heavy atom. The zero-order valence-electron chi connectivity index (χ0n) is 13.8. The summed E-state index contributed by atoms with van der Waals surface area (Å²) >= 11 is 0. The first-order valence-electron chi connectivity index (χ1n) is 8.54. The first-order chi connectivity index (χ1) is 11.7. The highest BCUT2D eigenvalue weighted by Crippen LogP contribution is 2.37. The van der Waals surface area contributed by atoms with Crippen molar-refractivity contribution in [2.45, 2.75) is 58.0 Å². The zero-order valence-corrected chi connectivity index (χ0v) is 13.8. The van der Waals surface area contributed by atoms with Crippen LogP contribution in [0.25, 0.3) is 11.4 Å². The first kappa shape index (κ1) is 16.9. The zero-order chi connectivity index (χ0) is 16.9. The molecule has 0 amide bonds. The Hall–Kier alpha value is -1.98. The molecule has 0 radical (unpaired) electrons. The van der Waals surface area contributed by atoms with Gasteiger partial charge in [0.25, 0.3) is 0 Å². The van der Waals surface area contributed by atoms with Crippen LogP contribution in [0.4, 0.5) is 8.78 Å². The molecule has 1 fully saturated rings. The van der Waals surface area contributed by atoms with Crippen LogP contribution in [0.5, 0.6) is 5.75 Å². The molecule has 0 spiro atoms. The van der Waals surface area contributed by atoms with Crippen LogP contribution in [0.1, 0.15) is 57.3 Å². The van der Waals surface area contributed by atoms with Crippen molar-refractivity contribution in [1.29, 1.82) is 0 Å². The van der Waals surface area contributed by atoms with Gasteiger partial charge in [-0.05, 0) is 55.9 Å². The van der Waals surface area contributed by atoms with E-state index >= 15 is 0 Å². The molecule has 1 aliphatic carbocycles. The maximum atomic E-state index is 12.2. The number of aromatic nitrogens is 2. The molecule has 0 atom stereocenters. The van der Waals surface area contributed by atoms with E-state index < -0.39 is 6.61 Å². The number of rotatable bonds is 6. The molecule has 1 aromatic carbocycles. The van der Waals surface area contributed by atoms with Gasteiger partial charge in [0.05, 0.1) is 0 Å². The minimum Gasteiger partial charge on any atom is -0.435 e. The molecule has 0 unspecified atom stereocenters. The number of hydrogen-bond donors (Lipinski definition) is 0. The van der Waals surface area contributed by atoms with E-state index in [4.69, 9.17) is 4.52 Å².